The van der Waals surface area contributed by atoms with Crippen LogP contribution in [0.25, 0.3) is 0 Å². The molecule has 1 aromatic rings. The zero-order valence-electron chi connectivity index (χ0n) is 16.3. The molecule has 138 valence electrons. The van der Waals surface area contributed by atoms with Crippen LogP contribution in [0.5, 0.6) is 11.5 Å². The summed E-state index contributed by atoms with van der Waals surface area (Å²) in [6.07, 6.45) is 4.37. The largest absolute Gasteiger partial charge is 0.508 e. The van der Waals surface area contributed by atoms with Crippen molar-refractivity contribution in [1.82, 2.24) is 5.32 Å². The Balaban J connectivity index is 2.46. The van der Waals surface area contributed by atoms with Gasteiger partial charge in [-0.1, -0.05) is 26.8 Å². The summed E-state index contributed by atoms with van der Waals surface area (Å²) in [5, 5.41) is 13.5. The molecular formula is C21H31NO3. The molecule has 25 heavy (non-hydrogen) atoms. The van der Waals surface area contributed by atoms with E-state index in [0.29, 0.717) is 6.42 Å². The fraction of sp³-hybridized carbons (Fsp3) is 0.571. The molecule has 0 aromatic heterocycles. The number of aromatic hydroxyl groups is 1. The number of phenolic OH excluding ortho intramolecular Hbond substituents is 1. The van der Waals surface area contributed by atoms with Crippen molar-refractivity contribution >= 4 is 5.91 Å². The van der Waals surface area contributed by atoms with Gasteiger partial charge in [-0.05, 0) is 62.1 Å². The van der Waals surface area contributed by atoms with Crippen LogP contribution in [-0.4, -0.2) is 24.2 Å². The summed E-state index contributed by atoms with van der Waals surface area (Å²) in [6, 6.07) is 3.90. The Labute approximate surface area is 151 Å². The van der Waals surface area contributed by atoms with E-state index >= 15 is 0 Å². The van der Waals surface area contributed by atoms with Crippen molar-refractivity contribution in [3.05, 3.63) is 34.9 Å². The van der Waals surface area contributed by atoms with Crippen LogP contribution in [0.4, 0.5) is 0 Å². The van der Waals surface area contributed by atoms with E-state index in [-0.39, 0.29) is 29.1 Å². The molecular weight excluding hydrogens is 314 g/mol. The van der Waals surface area contributed by atoms with Crippen molar-refractivity contribution in [2.24, 2.45) is 0 Å². The van der Waals surface area contributed by atoms with Gasteiger partial charge in [0, 0.05) is 18.2 Å². The molecule has 0 saturated carbocycles. The van der Waals surface area contributed by atoms with Gasteiger partial charge in [0.25, 0.3) is 0 Å². The van der Waals surface area contributed by atoms with Crippen LogP contribution < -0.4 is 10.1 Å². The zero-order valence-corrected chi connectivity index (χ0v) is 16.3. The molecule has 0 unspecified atom stereocenters. The van der Waals surface area contributed by atoms with E-state index in [0.717, 1.165) is 35.3 Å². The first-order valence-corrected chi connectivity index (χ1v) is 9.08. The van der Waals surface area contributed by atoms with E-state index < -0.39 is 0 Å². The molecule has 0 bridgehead atoms. The molecule has 4 heteroatoms. The highest BCUT2D eigenvalue weighted by Crippen LogP contribution is 2.45. The van der Waals surface area contributed by atoms with Crippen LogP contribution in [0.15, 0.2) is 23.8 Å². The molecule has 1 aromatic carbocycles. The minimum absolute atomic E-state index is 0.0194. The molecule has 0 spiro atoms. The van der Waals surface area contributed by atoms with Gasteiger partial charge in [-0.25, -0.2) is 0 Å². The van der Waals surface area contributed by atoms with Crippen LogP contribution >= 0.6 is 0 Å². The SMILES string of the molecule is CNC(=O)C1=CCC[C@H](c2c(O)cc(C(C)(C)C)cc2OC(C)C)C1. The summed E-state index contributed by atoms with van der Waals surface area (Å²) in [5.74, 6) is 1.05. The molecule has 2 N–H and O–H groups in total. The van der Waals surface area contributed by atoms with Gasteiger partial charge < -0.3 is 15.2 Å². The van der Waals surface area contributed by atoms with Crippen molar-refractivity contribution < 1.29 is 14.6 Å². The lowest BCUT2D eigenvalue weighted by atomic mass is 9.80. The van der Waals surface area contributed by atoms with Gasteiger partial charge in [0.2, 0.25) is 5.91 Å². The third-order valence-electron chi connectivity index (χ3n) is 4.65. The van der Waals surface area contributed by atoms with Gasteiger partial charge in [0.15, 0.2) is 0 Å². The lowest BCUT2D eigenvalue weighted by molar-refractivity contribution is -0.117. The van der Waals surface area contributed by atoms with Crippen molar-refractivity contribution in [1.29, 1.82) is 0 Å². The maximum Gasteiger partial charge on any atom is 0.246 e. The molecule has 4 nitrogen and oxygen atoms in total. The van der Waals surface area contributed by atoms with E-state index in [4.69, 9.17) is 4.74 Å². The summed E-state index contributed by atoms with van der Waals surface area (Å²) in [5.41, 5.74) is 2.58. The van der Waals surface area contributed by atoms with Gasteiger partial charge in [-0.15, -0.1) is 0 Å². The standard InChI is InChI=1S/C21H31NO3/c1-13(2)25-18-12-16(21(3,4)5)11-17(23)19(18)14-8-7-9-15(10-14)20(24)22-6/h9,11-14,23H,7-8,10H2,1-6H3,(H,22,24)/t14-/m0/s1. The van der Waals surface area contributed by atoms with E-state index in [1.165, 1.54) is 0 Å². The minimum atomic E-state index is -0.0785. The number of likely N-dealkylation sites (N-methyl/N-ethyl adjacent to an activating group) is 1. The number of carbonyl (C=O) groups is 1. The summed E-state index contributed by atoms with van der Waals surface area (Å²) in [4.78, 5) is 12.0. The van der Waals surface area contributed by atoms with Gasteiger partial charge in [0.05, 0.1) is 6.10 Å². The molecule has 0 aliphatic heterocycles. The first kappa shape index (κ1) is 19.4. The third-order valence-corrected chi connectivity index (χ3v) is 4.65. The topological polar surface area (TPSA) is 58.6 Å². The molecule has 0 heterocycles. The summed E-state index contributed by atoms with van der Waals surface area (Å²) < 4.78 is 6.06. The number of rotatable bonds is 4. The molecule has 1 amide bonds. The average molecular weight is 345 g/mol. The van der Waals surface area contributed by atoms with Crippen molar-refractivity contribution in [3.63, 3.8) is 0 Å². The Kier molecular flexibility index (Phi) is 5.81. The Hall–Kier alpha value is -1.97. The maximum atomic E-state index is 12.0. The predicted octanol–water partition coefficient (Wildman–Crippen LogP) is 4.42. The number of allylic oxidation sites excluding steroid dienone is 1. The number of ether oxygens (including phenoxy) is 1. The number of nitrogens with one attached hydrogen (secondary N) is 1. The molecule has 1 atom stereocenters. The van der Waals surface area contributed by atoms with E-state index in [2.05, 4.69) is 26.1 Å². The second-order valence-electron chi connectivity index (χ2n) is 8.11. The lowest BCUT2D eigenvalue weighted by Gasteiger charge is -2.28. The summed E-state index contributed by atoms with van der Waals surface area (Å²) >= 11 is 0. The fourth-order valence-electron chi connectivity index (χ4n) is 3.31. The van der Waals surface area contributed by atoms with Gasteiger partial charge >= 0.3 is 0 Å². The number of hydrogen-bond acceptors (Lipinski definition) is 3. The number of hydrogen-bond donors (Lipinski definition) is 2. The molecule has 0 fully saturated rings. The third kappa shape index (κ3) is 4.56. The Bertz CT molecular complexity index is 668. The molecule has 1 aliphatic carbocycles. The van der Waals surface area contributed by atoms with Gasteiger partial charge in [-0.3, -0.25) is 4.79 Å². The molecule has 0 radical (unpaired) electrons. The highest BCUT2D eigenvalue weighted by atomic mass is 16.5. The minimum Gasteiger partial charge on any atom is -0.508 e. The second kappa shape index (κ2) is 7.51. The monoisotopic (exact) mass is 345 g/mol. The van der Waals surface area contributed by atoms with E-state index in [1.807, 2.05) is 32.1 Å². The van der Waals surface area contributed by atoms with Crippen LogP contribution in [0.1, 0.15) is 70.9 Å². The van der Waals surface area contributed by atoms with Crippen molar-refractivity contribution in [2.75, 3.05) is 7.05 Å². The summed E-state index contributed by atoms with van der Waals surface area (Å²) in [6.45, 7) is 10.3. The average Bonchev–Trinajstić information content (AvgIpc) is 2.52. The number of benzene rings is 1. The van der Waals surface area contributed by atoms with Crippen molar-refractivity contribution in [2.45, 2.75) is 71.3 Å². The first-order chi connectivity index (χ1) is 11.6. The molecule has 0 saturated heterocycles. The lowest BCUT2D eigenvalue weighted by Crippen LogP contribution is -2.23. The van der Waals surface area contributed by atoms with Crippen LogP contribution in [0.2, 0.25) is 0 Å². The van der Waals surface area contributed by atoms with Crippen molar-refractivity contribution in [3.8, 4) is 11.5 Å². The van der Waals surface area contributed by atoms with Gasteiger partial charge in [0.1, 0.15) is 11.5 Å². The Morgan fingerprint density at radius 1 is 1.32 bits per heavy atom. The maximum absolute atomic E-state index is 12.0. The van der Waals surface area contributed by atoms with Crippen LogP contribution in [-0.2, 0) is 10.2 Å². The fourth-order valence-corrected chi connectivity index (χ4v) is 3.31. The molecule has 2 rings (SSSR count). The van der Waals surface area contributed by atoms with Crippen LogP contribution in [0.3, 0.4) is 0 Å². The number of carbonyl (C=O) groups excluding carboxylic acids is 1. The zero-order chi connectivity index (χ0) is 18.8. The van der Waals surface area contributed by atoms with E-state index in [9.17, 15) is 9.90 Å². The van der Waals surface area contributed by atoms with E-state index in [1.54, 1.807) is 7.05 Å². The predicted molar refractivity (Wildman–Crippen MR) is 101 cm³/mol. The number of amides is 1. The highest BCUT2D eigenvalue weighted by Gasteiger charge is 2.28. The van der Waals surface area contributed by atoms with Gasteiger partial charge in [-0.2, -0.15) is 0 Å². The highest BCUT2D eigenvalue weighted by molar-refractivity contribution is 5.93. The quantitative estimate of drug-likeness (QED) is 0.849. The first-order valence-electron chi connectivity index (χ1n) is 9.08. The summed E-state index contributed by atoms with van der Waals surface area (Å²) in [7, 11) is 1.65. The van der Waals surface area contributed by atoms with Crippen LogP contribution in [0, 0.1) is 0 Å². The Morgan fingerprint density at radius 2 is 2.00 bits per heavy atom. The molecule has 1 aliphatic rings. The smallest absolute Gasteiger partial charge is 0.246 e. The second-order valence-corrected chi connectivity index (χ2v) is 8.11. The number of phenols is 1. The Morgan fingerprint density at radius 3 is 2.56 bits per heavy atom. The normalized spacial score (nSPS) is 18.0.